The molecule has 0 aliphatic rings. The van der Waals surface area contributed by atoms with E-state index in [0.29, 0.717) is 17.9 Å². The summed E-state index contributed by atoms with van der Waals surface area (Å²) in [5.74, 6) is 0.104. The minimum atomic E-state index is -3.57. The van der Waals surface area contributed by atoms with Crippen molar-refractivity contribution in [2.24, 2.45) is 0 Å². The molecule has 1 atom stereocenters. The number of nitrogens with one attached hydrogen (secondary N) is 1. The molecular formula is C26H37N3O5S. The van der Waals surface area contributed by atoms with Gasteiger partial charge < -0.3 is 15.0 Å². The molecule has 192 valence electrons. The molecule has 1 N–H and O–H groups in total. The number of rotatable bonds is 12. The lowest BCUT2D eigenvalue weighted by molar-refractivity contribution is -0.140. The third-order valence-corrected chi connectivity index (χ3v) is 6.76. The van der Waals surface area contributed by atoms with Gasteiger partial charge in [-0.1, -0.05) is 35.9 Å². The van der Waals surface area contributed by atoms with Gasteiger partial charge >= 0.3 is 0 Å². The number of aryl methyl sites for hydroxylation is 1. The first-order valence-electron chi connectivity index (χ1n) is 11.7. The molecule has 0 unspecified atom stereocenters. The molecule has 0 spiro atoms. The first-order chi connectivity index (χ1) is 16.4. The molecule has 2 amide bonds. The Morgan fingerprint density at radius 3 is 2.29 bits per heavy atom. The van der Waals surface area contributed by atoms with Crippen molar-refractivity contribution < 1.29 is 22.7 Å². The number of sulfonamides is 1. The number of hydrogen-bond acceptors (Lipinski definition) is 5. The number of ether oxygens (including phenoxy) is 1. The topological polar surface area (TPSA) is 96.0 Å². The van der Waals surface area contributed by atoms with Crippen molar-refractivity contribution in [2.45, 2.75) is 59.2 Å². The van der Waals surface area contributed by atoms with Crippen LogP contribution in [-0.2, 0) is 26.2 Å². The Morgan fingerprint density at radius 2 is 1.71 bits per heavy atom. The molecule has 0 saturated carbocycles. The van der Waals surface area contributed by atoms with Crippen molar-refractivity contribution >= 4 is 27.5 Å². The Balaban J connectivity index is 2.17. The fraction of sp³-hybridized carbons (Fsp3) is 0.462. The summed E-state index contributed by atoms with van der Waals surface area (Å²) in [6.07, 6.45) is 1.53. The minimum Gasteiger partial charge on any atom is -0.497 e. The maximum absolute atomic E-state index is 13.3. The highest BCUT2D eigenvalue weighted by Gasteiger charge is 2.27. The third-order valence-electron chi connectivity index (χ3n) is 5.57. The van der Waals surface area contributed by atoms with E-state index in [1.807, 2.05) is 45.0 Å². The van der Waals surface area contributed by atoms with Crippen LogP contribution >= 0.6 is 0 Å². The molecule has 2 aromatic carbocycles. The molecule has 0 aliphatic carbocycles. The fourth-order valence-electron chi connectivity index (χ4n) is 3.65. The van der Waals surface area contributed by atoms with Crippen molar-refractivity contribution in [3.8, 4) is 5.75 Å². The Kier molecular flexibility index (Phi) is 10.1. The summed E-state index contributed by atoms with van der Waals surface area (Å²) in [5, 5.41) is 2.87. The minimum absolute atomic E-state index is 0.0486. The monoisotopic (exact) mass is 503 g/mol. The average molecular weight is 504 g/mol. The summed E-state index contributed by atoms with van der Waals surface area (Å²) in [6.45, 7) is 7.86. The van der Waals surface area contributed by atoms with E-state index >= 15 is 0 Å². The predicted octanol–water partition coefficient (Wildman–Crippen LogP) is 3.49. The van der Waals surface area contributed by atoms with Crippen LogP contribution in [0.1, 0.15) is 44.7 Å². The summed E-state index contributed by atoms with van der Waals surface area (Å²) in [4.78, 5) is 27.5. The Morgan fingerprint density at radius 1 is 1.06 bits per heavy atom. The van der Waals surface area contributed by atoms with E-state index in [4.69, 9.17) is 4.74 Å². The van der Waals surface area contributed by atoms with Crippen molar-refractivity contribution in [3.05, 3.63) is 59.7 Å². The maximum atomic E-state index is 13.3. The van der Waals surface area contributed by atoms with E-state index in [1.165, 1.54) is 11.4 Å². The zero-order valence-electron chi connectivity index (χ0n) is 21.4. The first-order valence-corrected chi connectivity index (χ1v) is 13.5. The molecule has 35 heavy (non-hydrogen) atoms. The quantitative estimate of drug-likeness (QED) is 0.478. The van der Waals surface area contributed by atoms with Crippen LogP contribution in [0.25, 0.3) is 0 Å². The zero-order valence-corrected chi connectivity index (χ0v) is 22.3. The lowest BCUT2D eigenvalue weighted by Gasteiger charge is -2.30. The number of amides is 2. The molecule has 2 rings (SSSR count). The van der Waals surface area contributed by atoms with Gasteiger partial charge in [-0.05, 0) is 51.8 Å². The number of carbonyl (C=O) groups excluding carboxylic acids is 2. The third kappa shape index (κ3) is 8.58. The standard InChI is InChI=1S/C26H37N3O5S/c1-19(2)27-26(31)21(4)28(18-22-14-12-20(3)13-15-22)25(30)11-8-16-29(35(6,32)33)23-9-7-10-24(17-23)34-5/h7,9-10,12-15,17,19,21H,8,11,16,18H2,1-6H3,(H,27,31)/t21-/m1/s1. The zero-order chi connectivity index (χ0) is 26.2. The van der Waals surface area contributed by atoms with Crippen molar-refractivity contribution in [3.63, 3.8) is 0 Å². The van der Waals surface area contributed by atoms with Gasteiger partial charge in [-0.2, -0.15) is 0 Å². The highest BCUT2D eigenvalue weighted by molar-refractivity contribution is 7.92. The van der Waals surface area contributed by atoms with Crippen molar-refractivity contribution in [1.82, 2.24) is 10.2 Å². The number of carbonyl (C=O) groups is 2. The van der Waals surface area contributed by atoms with Gasteiger partial charge in [-0.15, -0.1) is 0 Å². The van der Waals surface area contributed by atoms with Crippen LogP contribution < -0.4 is 14.4 Å². The molecule has 0 aliphatic heterocycles. The van der Waals surface area contributed by atoms with Gasteiger partial charge in [0, 0.05) is 31.6 Å². The molecular weight excluding hydrogens is 466 g/mol. The highest BCUT2D eigenvalue weighted by atomic mass is 32.2. The smallest absolute Gasteiger partial charge is 0.242 e. The van der Waals surface area contributed by atoms with Gasteiger partial charge in [0.25, 0.3) is 0 Å². The molecule has 8 nitrogen and oxygen atoms in total. The summed E-state index contributed by atoms with van der Waals surface area (Å²) < 4.78 is 31.4. The molecule has 0 bridgehead atoms. The van der Waals surface area contributed by atoms with E-state index in [0.717, 1.165) is 17.4 Å². The van der Waals surface area contributed by atoms with Crippen molar-refractivity contribution in [1.29, 1.82) is 0 Å². The molecule has 0 radical (unpaired) electrons. The normalized spacial score (nSPS) is 12.2. The summed E-state index contributed by atoms with van der Waals surface area (Å²) in [6, 6.07) is 13.9. The molecule has 0 heterocycles. The van der Waals surface area contributed by atoms with Crippen LogP contribution in [0.5, 0.6) is 5.75 Å². The summed E-state index contributed by atoms with van der Waals surface area (Å²) in [7, 11) is -2.05. The molecule has 2 aromatic rings. The summed E-state index contributed by atoms with van der Waals surface area (Å²) in [5.41, 5.74) is 2.50. The highest BCUT2D eigenvalue weighted by Crippen LogP contribution is 2.24. The number of nitrogens with zero attached hydrogens (tertiary/aromatic N) is 2. The number of anilines is 1. The van der Waals surface area contributed by atoms with Gasteiger partial charge in [-0.25, -0.2) is 8.42 Å². The van der Waals surface area contributed by atoms with Crippen LogP contribution in [-0.4, -0.2) is 57.1 Å². The second-order valence-electron chi connectivity index (χ2n) is 8.99. The van der Waals surface area contributed by atoms with Crippen LogP contribution in [0.4, 0.5) is 5.69 Å². The van der Waals surface area contributed by atoms with Crippen molar-refractivity contribution in [2.75, 3.05) is 24.2 Å². The number of hydrogen-bond donors (Lipinski definition) is 1. The second kappa shape index (κ2) is 12.6. The second-order valence-corrected chi connectivity index (χ2v) is 10.9. The van der Waals surface area contributed by atoms with E-state index in [9.17, 15) is 18.0 Å². The molecule has 0 saturated heterocycles. The van der Waals surface area contributed by atoms with E-state index < -0.39 is 16.1 Å². The Labute approximate surface area is 209 Å². The fourth-order valence-corrected chi connectivity index (χ4v) is 4.60. The van der Waals surface area contributed by atoms with Gasteiger partial charge in [0.15, 0.2) is 0 Å². The maximum Gasteiger partial charge on any atom is 0.242 e. The van der Waals surface area contributed by atoms with E-state index in [1.54, 1.807) is 36.1 Å². The number of methoxy groups -OCH3 is 1. The van der Waals surface area contributed by atoms with Gasteiger partial charge in [0.1, 0.15) is 11.8 Å². The van der Waals surface area contributed by atoms with E-state index in [2.05, 4.69) is 5.32 Å². The molecule has 9 heteroatoms. The molecule has 0 aromatic heterocycles. The van der Waals surface area contributed by atoms with Crippen LogP contribution in [0.3, 0.4) is 0 Å². The predicted molar refractivity (Wildman–Crippen MR) is 139 cm³/mol. The lowest BCUT2D eigenvalue weighted by Crippen LogP contribution is -2.49. The summed E-state index contributed by atoms with van der Waals surface area (Å²) >= 11 is 0. The number of benzene rings is 2. The lowest BCUT2D eigenvalue weighted by atomic mass is 10.1. The van der Waals surface area contributed by atoms with E-state index in [-0.39, 0.29) is 37.4 Å². The van der Waals surface area contributed by atoms with Crippen LogP contribution in [0.15, 0.2) is 48.5 Å². The van der Waals surface area contributed by atoms with Gasteiger partial charge in [0.05, 0.1) is 19.1 Å². The van der Waals surface area contributed by atoms with Gasteiger partial charge in [-0.3, -0.25) is 13.9 Å². The Hall–Kier alpha value is -3.07. The van der Waals surface area contributed by atoms with Gasteiger partial charge in [0.2, 0.25) is 21.8 Å². The van der Waals surface area contributed by atoms with Crippen LogP contribution in [0, 0.1) is 6.92 Å². The largest absolute Gasteiger partial charge is 0.497 e. The SMILES string of the molecule is COc1cccc(N(CCCC(=O)N(Cc2ccc(C)cc2)[C@H](C)C(=O)NC(C)C)S(C)(=O)=O)c1. The average Bonchev–Trinajstić information content (AvgIpc) is 2.79. The first kappa shape index (κ1) is 28.2. The van der Waals surface area contributed by atoms with Crippen LogP contribution in [0.2, 0.25) is 0 Å². The molecule has 0 fully saturated rings. The Bertz CT molecular complexity index is 1100.